The molecule has 2 rings (SSSR count). The van der Waals surface area contributed by atoms with Gasteiger partial charge in [-0.2, -0.15) is 0 Å². The zero-order chi connectivity index (χ0) is 21.2. The van der Waals surface area contributed by atoms with Crippen molar-refractivity contribution in [1.82, 2.24) is 15.5 Å². The number of hydrogen-bond acceptors (Lipinski definition) is 5. The van der Waals surface area contributed by atoms with Crippen molar-refractivity contribution >= 4 is 11.8 Å². The number of ether oxygens (including phenoxy) is 2. The average molecular weight is 399 g/mol. The Kier molecular flexibility index (Phi) is 8.48. The Hall–Kier alpha value is -3.06. The van der Waals surface area contributed by atoms with Gasteiger partial charge in [-0.05, 0) is 43.9 Å². The molecule has 7 nitrogen and oxygen atoms in total. The van der Waals surface area contributed by atoms with Crippen molar-refractivity contribution < 1.29 is 19.1 Å². The van der Waals surface area contributed by atoms with Crippen LogP contribution in [0.2, 0.25) is 0 Å². The number of nitrogens with zero attached hydrogens (tertiary/aromatic N) is 1. The number of carbonyl (C=O) groups excluding carboxylic acids is 2. The molecule has 0 aromatic heterocycles. The Morgan fingerprint density at radius 2 is 1.66 bits per heavy atom. The van der Waals surface area contributed by atoms with Crippen LogP contribution in [0.5, 0.6) is 11.5 Å². The summed E-state index contributed by atoms with van der Waals surface area (Å²) >= 11 is 0. The number of benzene rings is 2. The maximum Gasteiger partial charge on any atom is 0.255 e. The van der Waals surface area contributed by atoms with Gasteiger partial charge in [0.1, 0.15) is 11.5 Å². The Labute approximate surface area is 172 Å². The first kappa shape index (κ1) is 22.2. The van der Waals surface area contributed by atoms with Crippen LogP contribution in [0.4, 0.5) is 0 Å². The van der Waals surface area contributed by atoms with E-state index < -0.39 is 0 Å². The normalized spacial score (nSPS) is 11.6. The third kappa shape index (κ3) is 6.50. The van der Waals surface area contributed by atoms with E-state index in [1.54, 1.807) is 31.4 Å². The van der Waals surface area contributed by atoms with E-state index in [9.17, 15) is 9.59 Å². The summed E-state index contributed by atoms with van der Waals surface area (Å²) in [5.74, 6) is 0.911. The second-order valence-corrected chi connectivity index (χ2v) is 6.76. The van der Waals surface area contributed by atoms with Crippen molar-refractivity contribution in [2.75, 3.05) is 41.4 Å². The monoisotopic (exact) mass is 399 g/mol. The number of para-hydroxylation sites is 1. The minimum absolute atomic E-state index is 0.0352. The van der Waals surface area contributed by atoms with Crippen LogP contribution >= 0.6 is 0 Å². The number of hydrogen-bond donors (Lipinski definition) is 2. The number of rotatable bonds is 10. The predicted molar refractivity (Wildman–Crippen MR) is 112 cm³/mol. The van der Waals surface area contributed by atoms with Gasteiger partial charge in [-0.1, -0.05) is 24.3 Å². The highest BCUT2D eigenvalue weighted by atomic mass is 16.5. The summed E-state index contributed by atoms with van der Waals surface area (Å²) in [5, 5.41) is 5.69. The molecule has 1 atom stereocenters. The molecule has 0 saturated carbocycles. The second-order valence-electron chi connectivity index (χ2n) is 6.76. The van der Waals surface area contributed by atoms with Gasteiger partial charge < -0.3 is 25.0 Å². The van der Waals surface area contributed by atoms with Gasteiger partial charge in [0.15, 0.2) is 0 Å². The molecule has 2 N–H and O–H groups in total. The first-order valence-electron chi connectivity index (χ1n) is 9.44. The Morgan fingerprint density at radius 1 is 0.966 bits per heavy atom. The number of amides is 2. The van der Waals surface area contributed by atoms with Crippen LogP contribution in [0, 0.1) is 0 Å². The van der Waals surface area contributed by atoms with E-state index >= 15 is 0 Å². The zero-order valence-corrected chi connectivity index (χ0v) is 17.4. The topological polar surface area (TPSA) is 79.9 Å². The van der Waals surface area contributed by atoms with Crippen molar-refractivity contribution in [3.05, 3.63) is 59.7 Å². The van der Waals surface area contributed by atoms with E-state index in [2.05, 4.69) is 10.6 Å². The Bertz CT molecular complexity index is 806. The van der Waals surface area contributed by atoms with Crippen molar-refractivity contribution in [3.63, 3.8) is 0 Å². The van der Waals surface area contributed by atoms with Gasteiger partial charge in [-0.15, -0.1) is 0 Å². The summed E-state index contributed by atoms with van der Waals surface area (Å²) in [7, 11) is 7.08. The number of likely N-dealkylation sites (N-methyl/N-ethyl adjacent to an activating group) is 1. The van der Waals surface area contributed by atoms with Gasteiger partial charge in [-0.25, -0.2) is 0 Å². The van der Waals surface area contributed by atoms with Gasteiger partial charge >= 0.3 is 0 Å². The van der Waals surface area contributed by atoms with Crippen molar-refractivity contribution in [2.24, 2.45) is 0 Å². The highest BCUT2D eigenvalue weighted by molar-refractivity contribution is 5.97. The summed E-state index contributed by atoms with van der Waals surface area (Å²) in [6.07, 6.45) is 0.198. The van der Waals surface area contributed by atoms with E-state index in [0.29, 0.717) is 17.9 Å². The van der Waals surface area contributed by atoms with Gasteiger partial charge in [0, 0.05) is 19.5 Å². The quantitative estimate of drug-likeness (QED) is 0.641. The molecule has 7 heteroatoms. The minimum atomic E-state index is -0.264. The first-order chi connectivity index (χ1) is 14.0. The molecule has 0 aliphatic heterocycles. The molecule has 1 unspecified atom stereocenters. The van der Waals surface area contributed by atoms with Gasteiger partial charge in [0.2, 0.25) is 5.91 Å². The molecule has 0 aliphatic carbocycles. The standard InChI is InChI=1S/C22H29N3O4/c1-25(2)19(16-9-11-17(28-3)12-10-16)15-24-21(26)13-14-23-22(27)18-7-5-6-8-20(18)29-4/h5-12,19H,13-15H2,1-4H3,(H,23,27)(H,24,26). The molecule has 0 spiro atoms. The average Bonchev–Trinajstić information content (AvgIpc) is 2.74. The number of carbonyl (C=O) groups is 2. The lowest BCUT2D eigenvalue weighted by atomic mass is 10.1. The summed E-state index contributed by atoms with van der Waals surface area (Å²) in [4.78, 5) is 26.5. The van der Waals surface area contributed by atoms with E-state index in [1.807, 2.05) is 43.3 Å². The Morgan fingerprint density at radius 3 is 2.28 bits per heavy atom. The van der Waals surface area contributed by atoms with Crippen LogP contribution < -0.4 is 20.1 Å². The highest BCUT2D eigenvalue weighted by Gasteiger charge is 2.16. The highest BCUT2D eigenvalue weighted by Crippen LogP contribution is 2.20. The fourth-order valence-corrected chi connectivity index (χ4v) is 2.94. The minimum Gasteiger partial charge on any atom is -0.497 e. The molecule has 0 bridgehead atoms. The van der Waals surface area contributed by atoms with E-state index in [-0.39, 0.29) is 30.8 Å². The third-order valence-electron chi connectivity index (χ3n) is 4.61. The summed E-state index contributed by atoms with van der Waals surface area (Å²) in [6.45, 7) is 0.719. The maximum atomic E-state index is 12.3. The van der Waals surface area contributed by atoms with Gasteiger partial charge in [0.05, 0.1) is 25.8 Å². The van der Waals surface area contributed by atoms with E-state index in [1.165, 1.54) is 7.11 Å². The third-order valence-corrected chi connectivity index (χ3v) is 4.61. The molecule has 2 aromatic carbocycles. The number of methoxy groups -OCH3 is 2. The molecule has 156 valence electrons. The lowest BCUT2D eigenvalue weighted by molar-refractivity contribution is -0.121. The van der Waals surface area contributed by atoms with Gasteiger partial charge in [0.25, 0.3) is 5.91 Å². The lowest BCUT2D eigenvalue weighted by Gasteiger charge is -2.25. The molecule has 0 saturated heterocycles. The van der Waals surface area contributed by atoms with Gasteiger partial charge in [-0.3, -0.25) is 9.59 Å². The SMILES string of the molecule is COc1ccc(C(CNC(=O)CCNC(=O)c2ccccc2OC)N(C)C)cc1. The molecule has 0 radical (unpaired) electrons. The maximum absolute atomic E-state index is 12.3. The van der Waals surface area contributed by atoms with Crippen molar-refractivity contribution in [3.8, 4) is 11.5 Å². The lowest BCUT2D eigenvalue weighted by Crippen LogP contribution is -2.36. The smallest absolute Gasteiger partial charge is 0.255 e. The molecule has 2 aromatic rings. The van der Waals surface area contributed by atoms with Crippen LogP contribution in [0.1, 0.15) is 28.4 Å². The zero-order valence-electron chi connectivity index (χ0n) is 17.4. The molecule has 0 fully saturated rings. The predicted octanol–water partition coefficient (Wildman–Crippen LogP) is 2.24. The molecule has 0 heterocycles. The molecule has 2 amide bonds. The molecular formula is C22H29N3O4. The van der Waals surface area contributed by atoms with Crippen molar-refractivity contribution in [1.29, 1.82) is 0 Å². The summed E-state index contributed by atoms with van der Waals surface area (Å²) < 4.78 is 10.4. The Balaban J connectivity index is 1.82. The fraction of sp³-hybridized carbons (Fsp3) is 0.364. The van der Waals surface area contributed by atoms with Crippen LogP contribution in [0.25, 0.3) is 0 Å². The van der Waals surface area contributed by atoms with Crippen LogP contribution in [0.15, 0.2) is 48.5 Å². The van der Waals surface area contributed by atoms with E-state index in [0.717, 1.165) is 11.3 Å². The summed E-state index contributed by atoms with van der Waals surface area (Å²) in [5.41, 5.74) is 1.53. The van der Waals surface area contributed by atoms with Crippen molar-refractivity contribution in [2.45, 2.75) is 12.5 Å². The largest absolute Gasteiger partial charge is 0.497 e. The second kappa shape index (κ2) is 11.1. The molecule has 29 heavy (non-hydrogen) atoms. The van der Waals surface area contributed by atoms with Crippen LogP contribution in [-0.4, -0.2) is 58.1 Å². The number of nitrogens with one attached hydrogen (secondary N) is 2. The fourth-order valence-electron chi connectivity index (χ4n) is 2.94. The van der Waals surface area contributed by atoms with E-state index in [4.69, 9.17) is 9.47 Å². The first-order valence-corrected chi connectivity index (χ1v) is 9.44. The molecular weight excluding hydrogens is 370 g/mol. The van der Waals surface area contributed by atoms with Crippen LogP contribution in [-0.2, 0) is 4.79 Å². The summed E-state index contributed by atoms with van der Waals surface area (Å²) in [6, 6.07) is 14.8. The molecule has 0 aliphatic rings. The van der Waals surface area contributed by atoms with Crippen LogP contribution in [0.3, 0.4) is 0 Å².